The topological polar surface area (TPSA) is 148 Å². The molecule has 6 rings (SSSR count). The minimum Gasteiger partial charge on any atom is -0.386 e. The van der Waals surface area contributed by atoms with Gasteiger partial charge in [-0.1, -0.05) is 115 Å². The van der Waals surface area contributed by atoms with Gasteiger partial charge >= 0.3 is 18.1 Å². The summed E-state index contributed by atoms with van der Waals surface area (Å²) in [5, 5.41) is 0. The monoisotopic (exact) mass is 757 g/mol. The number of carbonyl (C=O) groups is 4. The number of nitrogens with zero attached hydrogens (tertiary/aromatic N) is 3. The first-order chi connectivity index (χ1) is 26.9. The summed E-state index contributed by atoms with van der Waals surface area (Å²) in [4.78, 5) is 61.9. The Kier molecular flexibility index (Phi) is 11.6. The standard InChI is InChI=1S/C43H34F3N5O5/c44-43(45,46)41(55)56-37(52)25-36(32-15-6-2-7-16-32)51-38(33-17-8-3-9-18-33)40(54)50(27-30-11-4-1-5-12-30)35-22-21-29(24-34(35)39(51)53)20-19-28-13-10-14-31(23-28)26-49-42(47)48/h1-18,21-24,36,38H,25-27H2,(H4,47,48,49). The summed E-state index contributed by atoms with van der Waals surface area (Å²) >= 11 is 0. The number of guanidine groups is 1. The maximum absolute atomic E-state index is 15.2. The molecule has 1 aliphatic heterocycles. The van der Waals surface area contributed by atoms with Crippen LogP contribution in [0.25, 0.3) is 0 Å². The third-order valence-corrected chi connectivity index (χ3v) is 8.87. The highest BCUT2D eigenvalue weighted by molar-refractivity contribution is 6.11. The van der Waals surface area contributed by atoms with E-state index in [9.17, 15) is 22.8 Å². The molecule has 2 atom stereocenters. The second-order valence-corrected chi connectivity index (χ2v) is 12.7. The van der Waals surface area contributed by atoms with Crippen LogP contribution in [0.15, 0.2) is 138 Å². The summed E-state index contributed by atoms with van der Waals surface area (Å²) in [7, 11) is 0. The molecule has 1 heterocycles. The highest BCUT2D eigenvalue weighted by Gasteiger charge is 2.46. The fourth-order valence-electron chi connectivity index (χ4n) is 6.34. The third-order valence-electron chi connectivity index (χ3n) is 8.87. The van der Waals surface area contributed by atoms with Gasteiger partial charge in [0.1, 0.15) is 6.04 Å². The highest BCUT2D eigenvalue weighted by Crippen LogP contribution is 2.42. The van der Waals surface area contributed by atoms with E-state index in [1.165, 1.54) is 15.9 Å². The minimum atomic E-state index is -5.44. The van der Waals surface area contributed by atoms with Gasteiger partial charge in [0.2, 0.25) is 0 Å². The number of hydrogen-bond acceptors (Lipinski definition) is 6. The van der Waals surface area contributed by atoms with E-state index in [0.717, 1.165) is 11.1 Å². The molecule has 10 nitrogen and oxygen atoms in total. The molecule has 0 radical (unpaired) electrons. The van der Waals surface area contributed by atoms with Crippen LogP contribution >= 0.6 is 0 Å². The third kappa shape index (κ3) is 9.11. The average molecular weight is 758 g/mol. The molecule has 13 heteroatoms. The number of benzene rings is 5. The molecule has 0 spiro atoms. The number of rotatable bonds is 9. The molecule has 2 amide bonds. The minimum absolute atomic E-state index is 0.0432. The van der Waals surface area contributed by atoms with Gasteiger partial charge in [-0.05, 0) is 52.6 Å². The lowest BCUT2D eigenvalue weighted by atomic mass is 9.95. The van der Waals surface area contributed by atoms with Gasteiger partial charge in [-0.3, -0.25) is 14.4 Å². The van der Waals surface area contributed by atoms with E-state index < -0.39 is 48.4 Å². The van der Waals surface area contributed by atoms with Gasteiger partial charge in [-0.25, -0.2) is 9.79 Å². The van der Waals surface area contributed by atoms with E-state index >= 15 is 9.59 Å². The van der Waals surface area contributed by atoms with Gasteiger partial charge in [0.15, 0.2) is 5.96 Å². The summed E-state index contributed by atoms with van der Waals surface area (Å²) in [6, 6.07) is 34.8. The zero-order valence-electron chi connectivity index (χ0n) is 29.6. The summed E-state index contributed by atoms with van der Waals surface area (Å²) in [5.41, 5.74) is 14.5. The molecule has 4 N–H and O–H groups in total. The molecule has 0 saturated heterocycles. The number of ether oxygens (including phenoxy) is 1. The predicted molar refractivity (Wildman–Crippen MR) is 202 cm³/mol. The number of esters is 2. The number of carbonyl (C=O) groups excluding carboxylic acids is 4. The van der Waals surface area contributed by atoms with Crippen molar-refractivity contribution in [3.8, 4) is 11.8 Å². The van der Waals surface area contributed by atoms with Gasteiger partial charge in [-0.2, -0.15) is 13.2 Å². The number of nitrogens with two attached hydrogens (primary N) is 2. The maximum atomic E-state index is 15.2. The van der Waals surface area contributed by atoms with Gasteiger partial charge in [-0.15, -0.1) is 0 Å². The van der Waals surface area contributed by atoms with Crippen LogP contribution in [-0.2, 0) is 32.2 Å². The smallest absolute Gasteiger partial charge is 0.386 e. The molecule has 0 aliphatic carbocycles. The van der Waals surface area contributed by atoms with Crippen molar-refractivity contribution in [3.05, 3.63) is 172 Å². The predicted octanol–water partition coefficient (Wildman–Crippen LogP) is 6.35. The molecule has 5 aromatic rings. The van der Waals surface area contributed by atoms with Crippen LogP contribution in [0.2, 0.25) is 0 Å². The van der Waals surface area contributed by atoms with Crippen LogP contribution in [0.1, 0.15) is 62.2 Å². The van der Waals surface area contributed by atoms with Crippen molar-refractivity contribution in [1.29, 1.82) is 0 Å². The van der Waals surface area contributed by atoms with E-state index in [-0.39, 0.29) is 30.3 Å². The van der Waals surface area contributed by atoms with Crippen LogP contribution in [-0.4, -0.2) is 40.8 Å². The van der Waals surface area contributed by atoms with Crippen molar-refractivity contribution in [2.24, 2.45) is 16.5 Å². The lowest BCUT2D eigenvalue weighted by molar-refractivity contribution is -0.202. The van der Waals surface area contributed by atoms with Gasteiger partial charge in [0.25, 0.3) is 11.8 Å². The van der Waals surface area contributed by atoms with Gasteiger partial charge in [0, 0.05) is 11.1 Å². The normalized spacial score (nSPS) is 14.4. The molecule has 2 unspecified atom stereocenters. The average Bonchev–Trinajstić information content (AvgIpc) is 3.28. The Bertz CT molecular complexity index is 2340. The number of amides is 2. The van der Waals surface area contributed by atoms with Crippen molar-refractivity contribution < 1.29 is 37.1 Å². The fourth-order valence-corrected chi connectivity index (χ4v) is 6.34. The summed E-state index contributed by atoms with van der Waals surface area (Å²) in [6.07, 6.45) is -6.33. The second kappa shape index (κ2) is 16.9. The molecular formula is C43H34F3N5O5. The first kappa shape index (κ1) is 38.5. The SMILES string of the molecule is NC(N)=NCc1cccc(C#Cc2ccc3c(c2)C(=O)N(C(CC(=O)OC(=O)C(F)(F)F)c2ccccc2)C(c2ccccc2)C(=O)N3Cc2ccccc2)c1. The summed E-state index contributed by atoms with van der Waals surface area (Å²) < 4.78 is 43.8. The summed E-state index contributed by atoms with van der Waals surface area (Å²) in [6.45, 7) is 0.290. The Balaban J connectivity index is 1.52. The van der Waals surface area contributed by atoms with Crippen molar-refractivity contribution in [3.63, 3.8) is 0 Å². The van der Waals surface area contributed by atoms with Gasteiger partial charge in [0.05, 0.1) is 36.8 Å². The number of aliphatic imine (C=N–C) groups is 1. The maximum Gasteiger partial charge on any atom is 0.491 e. The van der Waals surface area contributed by atoms with Crippen molar-refractivity contribution >= 4 is 35.4 Å². The van der Waals surface area contributed by atoms with E-state index in [4.69, 9.17) is 11.5 Å². The van der Waals surface area contributed by atoms with Crippen molar-refractivity contribution in [1.82, 2.24) is 4.90 Å². The second-order valence-electron chi connectivity index (χ2n) is 12.7. The Labute approximate surface area is 320 Å². The molecule has 56 heavy (non-hydrogen) atoms. The number of anilines is 1. The first-order valence-electron chi connectivity index (χ1n) is 17.3. The Hall–Kier alpha value is -7.20. The molecule has 282 valence electrons. The van der Waals surface area contributed by atoms with E-state index in [0.29, 0.717) is 22.3 Å². The van der Waals surface area contributed by atoms with Crippen molar-refractivity contribution in [2.45, 2.75) is 37.8 Å². The Morgan fingerprint density at radius 1 is 0.768 bits per heavy atom. The summed E-state index contributed by atoms with van der Waals surface area (Å²) in [5.74, 6) is 0.601. The highest BCUT2D eigenvalue weighted by atomic mass is 19.4. The number of hydrogen-bond donors (Lipinski definition) is 2. The lowest BCUT2D eigenvalue weighted by Gasteiger charge is -2.37. The molecule has 0 saturated carbocycles. The van der Waals surface area contributed by atoms with E-state index in [2.05, 4.69) is 21.6 Å². The largest absolute Gasteiger partial charge is 0.491 e. The first-order valence-corrected chi connectivity index (χ1v) is 17.3. The quantitative estimate of drug-likeness (QED) is 0.0585. The zero-order valence-corrected chi connectivity index (χ0v) is 29.6. The van der Waals surface area contributed by atoms with Crippen LogP contribution in [0.4, 0.5) is 18.9 Å². The Morgan fingerprint density at radius 3 is 2.02 bits per heavy atom. The zero-order chi connectivity index (χ0) is 39.8. The van der Waals surface area contributed by atoms with Crippen LogP contribution in [0, 0.1) is 11.8 Å². The van der Waals surface area contributed by atoms with Crippen LogP contribution in [0.3, 0.4) is 0 Å². The molecule has 1 aliphatic rings. The molecule has 5 aromatic carbocycles. The molecule has 0 bridgehead atoms. The number of halogens is 3. The molecule has 0 aromatic heterocycles. The van der Waals surface area contributed by atoms with E-state index in [1.54, 1.807) is 84.9 Å². The van der Waals surface area contributed by atoms with Crippen LogP contribution in [0.5, 0.6) is 0 Å². The van der Waals surface area contributed by atoms with Crippen molar-refractivity contribution in [2.75, 3.05) is 4.90 Å². The number of fused-ring (bicyclic) bond motifs is 1. The molecule has 0 fully saturated rings. The fraction of sp³-hybridized carbons (Fsp3) is 0.140. The number of alkyl halides is 3. The van der Waals surface area contributed by atoms with Gasteiger partial charge < -0.3 is 26.0 Å². The van der Waals surface area contributed by atoms with E-state index in [1.807, 2.05) is 42.5 Å². The lowest BCUT2D eigenvalue weighted by Crippen LogP contribution is -2.45. The van der Waals surface area contributed by atoms with Crippen LogP contribution < -0.4 is 16.4 Å². The molecular weight excluding hydrogens is 723 g/mol. The Morgan fingerprint density at radius 2 is 1.38 bits per heavy atom.